The van der Waals surface area contributed by atoms with Gasteiger partial charge >= 0.3 is 0 Å². The SMILES string of the molecule is CCCN(CC1CCCN1)c1cccnn1. The molecule has 1 unspecified atom stereocenters. The first-order valence-electron chi connectivity index (χ1n) is 6.16. The van der Waals surface area contributed by atoms with E-state index in [-0.39, 0.29) is 0 Å². The van der Waals surface area contributed by atoms with Crippen molar-refractivity contribution >= 4 is 5.82 Å². The molecule has 4 nitrogen and oxygen atoms in total. The standard InChI is InChI=1S/C12H20N4/c1-2-9-16(10-11-5-3-7-13-11)12-6-4-8-14-15-12/h4,6,8,11,13H,2-3,5,7,9-10H2,1H3. The van der Waals surface area contributed by atoms with Crippen LogP contribution in [0.4, 0.5) is 5.82 Å². The molecule has 0 amide bonds. The molecule has 88 valence electrons. The molecule has 1 aliphatic heterocycles. The Balaban J connectivity index is 1.99. The van der Waals surface area contributed by atoms with Crippen LogP contribution in [0, 0.1) is 0 Å². The smallest absolute Gasteiger partial charge is 0.151 e. The topological polar surface area (TPSA) is 41.0 Å². The zero-order valence-corrected chi connectivity index (χ0v) is 9.89. The van der Waals surface area contributed by atoms with Crippen molar-refractivity contribution in [2.24, 2.45) is 0 Å². The molecule has 1 saturated heterocycles. The summed E-state index contributed by atoms with van der Waals surface area (Å²) in [6, 6.07) is 4.61. The fourth-order valence-corrected chi connectivity index (χ4v) is 2.21. The number of nitrogens with zero attached hydrogens (tertiary/aromatic N) is 3. The molecule has 1 fully saturated rings. The Kier molecular flexibility index (Phi) is 4.10. The average molecular weight is 220 g/mol. The van der Waals surface area contributed by atoms with Crippen molar-refractivity contribution in [1.82, 2.24) is 15.5 Å². The van der Waals surface area contributed by atoms with Crippen LogP contribution in [0.15, 0.2) is 18.3 Å². The van der Waals surface area contributed by atoms with Crippen LogP contribution < -0.4 is 10.2 Å². The van der Waals surface area contributed by atoms with Gasteiger partial charge in [-0.15, -0.1) is 5.10 Å². The Morgan fingerprint density at radius 1 is 1.56 bits per heavy atom. The number of aromatic nitrogens is 2. The number of rotatable bonds is 5. The lowest BCUT2D eigenvalue weighted by Gasteiger charge is -2.25. The predicted octanol–water partition coefficient (Wildman–Crippen LogP) is 1.44. The molecule has 1 aromatic rings. The molecule has 0 aromatic carbocycles. The van der Waals surface area contributed by atoms with E-state index in [1.54, 1.807) is 6.20 Å². The van der Waals surface area contributed by atoms with Crippen molar-refractivity contribution in [2.75, 3.05) is 24.5 Å². The minimum atomic E-state index is 0.619. The highest BCUT2D eigenvalue weighted by molar-refractivity contribution is 5.36. The number of anilines is 1. The van der Waals surface area contributed by atoms with Crippen molar-refractivity contribution < 1.29 is 0 Å². The minimum Gasteiger partial charge on any atom is -0.354 e. The van der Waals surface area contributed by atoms with E-state index in [0.29, 0.717) is 6.04 Å². The molecule has 16 heavy (non-hydrogen) atoms. The summed E-state index contributed by atoms with van der Waals surface area (Å²) in [5, 5.41) is 11.7. The maximum atomic E-state index is 4.19. The summed E-state index contributed by atoms with van der Waals surface area (Å²) in [6.45, 7) is 5.46. The summed E-state index contributed by atoms with van der Waals surface area (Å²) < 4.78 is 0. The Bertz CT molecular complexity index is 295. The Hall–Kier alpha value is -1.16. The molecule has 1 aliphatic rings. The van der Waals surface area contributed by atoms with E-state index in [1.165, 1.54) is 12.8 Å². The normalized spacial score (nSPS) is 19.9. The van der Waals surface area contributed by atoms with Crippen molar-refractivity contribution in [3.63, 3.8) is 0 Å². The van der Waals surface area contributed by atoms with Crippen molar-refractivity contribution in [1.29, 1.82) is 0 Å². The third-order valence-electron chi connectivity index (χ3n) is 2.98. The summed E-state index contributed by atoms with van der Waals surface area (Å²) in [7, 11) is 0. The lowest BCUT2D eigenvalue weighted by Crippen LogP contribution is -2.38. The molecule has 0 saturated carbocycles. The van der Waals surface area contributed by atoms with E-state index >= 15 is 0 Å². The fourth-order valence-electron chi connectivity index (χ4n) is 2.21. The Labute approximate surface area is 97.1 Å². The predicted molar refractivity (Wildman–Crippen MR) is 65.6 cm³/mol. The van der Waals surface area contributed by atoms with Gasteiger partial charge in [0.05, 0.1) is 0 Å². The monoisotopic (exact) mass is 220 g/mol. The number of nitrogens with one attached hydrogen (secondary N) is 1. The molecule has 0 spiro atoms. The molecule has 0 aliphatic carbocycles. The summed E-state index contributed by atoms with van der Waals surface area (Å²) >= 11 is 0. The highest BCUT2D eigenvalue weighted by Gasteiger charge is 2.18. The van der Waals surface area contributed by atoms with E-state index in [9.17, 15) is 0 Å². The van der Waals surface area contributed by atoms with E-state index in [2.05, 4.69) is 27.3 Å². The highest BCUT2D eigenvalue weighted by Crippen LogP contribution is 2.13. The quantitative estimate of drug-likeness (QED) is 0.815. The van der Waals surface area contributed by atoms with Crippen LogP contribution >= 0.6 is 0 Å². The second kappa shape index (κ2) is 5.80. The van der Waals surface area contributed by atoms with Crippen molar-refractivity contribution in [2.45, 2.75) is 32.2 Å². The number of hydrogen-bond acceptors (Lipinski definition) is 4. The van der Waals surface area contributed by atoms with E-state index in [4.69, 9.17) is 0 Å². The summed E-state index contributed by atoms with van der Waals surface area (Å²) in [6.07, 6.45) is 5.44. The third-order valence-corrected chi connectivity index (χ3v) is 2.98. The molecular weight excluding hydrogens is 200 g/mol. The minimum absolute atomic E-state index is 0.619. The van der Waals surface area contributed by atoms with Gasteiger partial charge in [0, 0.05) is 25.3 Å². The van der Waals surface area contributed by atoms with Crippen LogP contribution in [0.5, 0.6) is 0 Å². The van der Waals surface area contributed by atoms with Gasteiger partial charge in [0.2, 0.25) is 0 Å². The van der Waals surface area contributed by atoms with Gasteiger partial charge in [-0.05, 0) is 37.9 Å². The van der Waals surface area contributed by atoms with E-state index in [1.807, 2.05) is 12.1 Å². The lowest BCUT2D eigenvalue weighted by molar-refractivity contribution is 0.573. The average Bonchev–Trinajstić information content (AvgIpc) is 2.83. The van der Waals surface area contributed by atoms with Gasteiger partial charge in [-0.3, -0.25) is 0 Å². The Morgan fingerprint density at radius 2 is 2.50 bits per heavy atom. The summed E-state index contributed by atoms with van der Waals surface area (Å²) in [5.74, 6) is 0.998. The zero-order chi connectivity index (χ0) is 11.2. The zero-order valence-electron chi connectivity index (χ0n) is 9.89. The number of hydrogen-bond donors (Lipinski definition) is 1. The molecule has 0 radical (unpaired) electrons. The molecule has 2 rings (SSSR count). The van der Waals surface area contributed by atoms with E-state index < -0.39 is 0 Å². The largest absolute Gasteiger partial charge is 0.354 e. The van der Waals surface area contributed by atoms with Crippen molar-refractivity contribution in [3.8, 4) is 0 Å². The van der Waals surface area contributed by atoms with Gasteiger partial charge in [0.1, 0.15) is 0 Å². The maximum absolute atomic E-state index is 4.19. The molecular formula is C12H20N4. The van der Waals surface area contributed by atoms with Crippen LogP contribution in [0.2, 0.25) is 0 Å². The van der Waals surface area contributed by atoms with Gasteiger partial charge in [0.15, 0.2) is 5.82 Å². The van der Waals surface area contributed by atoms with E-state index in [0.717, 1.165) is 31.9 Å². The van der Waals surface area contributed by atoms with Crippen LogP contribution in [0.25, 0.3) is 0 Å². The first-order valence-corrected chi connectivity index (χ1v) is 6.16. The Morgan fingerprint density at radius 3 is 3.12 bits per heavy atom. The van der Waals surface area contributed by atoms with Crippen molar-refractivity contribution in [3.05, 3.63) is 18.3 Å². The molecule has 2 heterocycles. The van der Waals surface area contributed by atoms with Gasteiger partial charge in [-0.1, -0.05) is 6.92 Å². The van der Waals surface area contributed by atoms with Gasteiger partial charge < -0.3 is 10.2 Å². The summed E-state index contributed by atoms with van der Waals surface area (Å²) in [4.78, 5) is 2.33. The highest BCUT2D eigenvalue weighted by atomic mass is 15.3. The van der Waals surface area contributed by atoms with Crippen LogP contribution in [-0.4, -0.2) is 35.9 Å². The lowest BCUT2D eigenvalue weighted by atomic mass is 10.2. The summed E-state index contributed by atoms with van der Waals surface area (Å²) in [5.41, 5.74) is 0. The first-order chi connectivity index (χ1) is 7.90. The first kappa shape index (κ1) is 11.3. The van der Waals surface area contributed by atoms with Gasteiger partial charge in [0.25, 0.3) is 0 Å². The van der Waals surface area contributed by atoms with Crippen LogP contribution in [0.3, 0.4) is 0 Å². The fraction of sp³-hybridized carbons (Fsp3) is 0.667. The maximum Gasteiger partial charge on any atom is 0.151 e. The molecule has 1 aromatic heterocycles. The second-order valence-electron chi connectivity index (χ2n) is 4.32. The molecule has 1 atom stereocenters. The third kappa shape index (κ3) is 2.92. The molecule has 1 N–H and O–H groups in total. The van der Waals surface area contributed by atoms with Gasteiger partial charge in [-0.25, -0.2) is 0 Å². The van der Waals surface area contributed by atoms with Crippen LogP contribution in [0.1, 0.15) is 26.2 Å². The van der Waals surface area contributed by atoms with Crippen LogP contribution in [-0.2, 0) is 0 Å². The van der Waals surface area contributed by atoms with Gasteiger partial charge in [-0.2, -0.15) is 5.10 Å². The second-order valence-corrected chi connectivity index (χ2v) is 4.32. The molecule has 0 bridgehead atoms. The molecule has 4 heteroatoms.